The fourth-order valence-corrected chi connectivity index (χ4v) is 1.57. The molecule has 0 aliphatic rings. The quantitative estimate of drug-likeness (QED) is 0.763. The third kappa shape index (κ3) is 2.33. The first-order valence-corrected chi connectivity index (χ1v) is 4.70. The average Bonchev–Trinajstić information content (AvgIpc) is 2.20. The summed E-state index contributed by atoms with van der Waals surface area (Å²) in [5.41, 5.74) is 6.59. The molecule has 0 fully saturated rings. The third-order valence-corrected chi connectivity index (χ3v) is 2.39. The standard InChI is InChI=1S/C11H15NO2/c1-2-9(10(12)11(13)14)8-6-4-3-5-7-8/h3-7,9-10H,2,12H2,1H3,(H,13,14)/t9-,10+/m1/s1. The van der Waals surface area contributed by atoms with Gasteiger partial charge in [-0.25, -0.2) is 0 Å². The van der Waals surface area contributed by atoms with Gasteiger partial charge in [-0.15, -0.1) is 0 Å². The summed E-state index contributed by atoms with van der Waals surface area (Å²) >= 11 is 0. The van der Waals surface area contributed by atoms with Crippen LogP contribution in [-0.2, 0) is 4.79 Å². The molecule has 0 aromatic heterocycles. The Morgan fingerprint density at radius 2 is 2.00 bits per heavy atom. The van der Waals surface area contributed by atoms with Crippen molar-refractivity contribution >= 4 is 5.97 Å². The predicted molar refractivity (Wildman–Crippen MR) is 55.1 cm³/mol. The number of aliphatic carboxylic acids is 1. The molecular weight excluding hydrogens is 178 g/mol. The first-order chi connectivity index (χ1) is 6.66. The van der Waals surface area contributed by atoms with Crippen molar-refractivity contribution in [1.82, 2.24) is 0 Å². The lowest BCUT2D eigenvalue weighted by atomic mass is 9.90. The molecule has 3 N–H and O–H groups in total. The van der Waals surface area contributed by atoms with Crippen LogP contribution < -0.4 is 5.73 Å². The van der Waals surface area contributed by atoms with Gasteiger partial charge in [0, 0.05) is 5.92 Å². The molecule has 0 bridgehead atoms. The maximum Gasteiger partial charge on any atom is 0.321 e. The number of nitrogens with two attached hydrogens (primary N) is 1. The minimum absolute atomic E-state index is 0.103. The van der Waals surface area contributed by atoms with Crippen LogP contribution in [0.15, 0.2) is 30.3 Å². The van der Waals surface area contributed by atoms with Crippen molar-refractivity contribution in [2.45, 2.75) is 25.3 Å². The van der Waals surface area contributed by atoms with E-state index in [1.54, 1.807) is 0 Å². The first-order valence-electron chi connectivity index (χ1n) is 4.70. The van der Waals surface area contributed by atoms with E-state index in [-0.39, 0.29) is 5.92 Å². The molecule has 1 rings (SSSR count). The molecular formula is C11H15NO2. The second kappa shape index (κ2) is 4.77. The molecule has 0 radical (unpaired) electrons. The Labute approximate surface area is 83.6 Å². The number of carboxylic acids is 1. The van der Waals surface area contributed by atoms with Crippen LogP contribution in [0.1, 0.15) is 24.8 Å². The number of rotatable bonds is 4. The molecule has 0 spiro atoms. The summed E-state index contributed by atoms with van der Waals surface area (Å²) in [6, 6.07) is 8.71. The van der Waals surface area contributed by atoms with Crippen molar-refractivity contribution in [1.29, 1.82) is 0 Å². The molecule has 0 heterocycles. The Bertz CT molecular complexity index is 297. The second-order valence-corrected chi connectivity index (χ2v) is 3.29. The van der Waals surface area contributed by atoms with Gasteiger partial charge in [0.1, 0.15) is 6.04 Å². The van der Waals surface area contributed by atoms with Crippen molar-refractivity contribution in [2.24, 2.45) is 5.73 Å². The summed E-state index contributed by atoms with van der Waals surface area (Å²) in [5.74, 6) is -1.05. The van der Waals surface area contributed by atoms with Gasteiger partial charge in [0.05, 0.1) is 0 Å². The lowest BCUT2D eigenvalue weighted by molar-refractivity contribution is -0.139. The molecule has 0 amide bonds. The highest BCUT2D eigenvalue weighted by molar-refractivity contribution is 5.74. The molecule has 0 aliphatic heterocycles. The second-order valence-electron chi connectivity index (χ2n) is 3.29. The molecule has 0 saturated heterocycles. The summed E-state index contributed by atoms with van der Waals surface area (Å²) in [7, 11) is 0. The normalized spacial score (nSPS) is 14.7. The number of benzene rings is 1. The predicted octanol–water partition coefficient (Wildman–Crippen LogP) is 1.59. The van der Waals surface area contributed by atoms with Crippen molar-refractivity contribution in [3.8, 4) is 0 Å². The number of hydrogen-bond donors (Lipinski definition) is 2. The van der Waals surface area contributed by atoms with Crippen molar-refractivity contribution in [2.75, 3.05) is 0 Å². The van der Waals surface area contributed by atoms with Gasteiger partial charge in [-0.1, -0.05) is 37.3 Å². The van der Waals surface area contributed by atoms with E-state index in [1.807, 2.05) is 37.3 Å². The minimum atomic E-state index is -0.944. The van der Waals surface area contributed by atoms with Gasteiger partial charge in [-0.05, 0) is 12.0 Å². The van der Waals surface area contributed by atoms with Crippen LogP contribution in [-0.4, -0.2) is 17.1 Å². The highest BCUT2D eigenvalue weighted by atomic mass is 16.4. The average molecular weight is 193 g/mol. The van der Waals surface area contributed by atoms with E-state index in [2.05, 4.69) is 0 Å². The smallest absolute Gasteiger partial charge is 0.321 e. The molecule has 0 aliphatic carbocycles. The fraction of sp³-hybridized carbons (Fsp3) is 0.364. The molecule has 0 saturated carbocycles. The highest BCUT2D eigenvalue weighted by Gasteiger charge is 2.23. The Kier molecular flexibility index (Phi) is 3.65. The first kappa shape index (κ1) is 10.7. The molecule has 14 heavy (non-hydrogen) atoms. The minimum Gasteiger partial charge on any atom is -0.480 e. The maximum atomic E-state index is 10.7. The van der Waals surface area contributed by atoms with Gasteiger partial charge < -0.3 is 10.8 Å². The van der Waals surface area contributed by atoms with Gasteiger partial charge in [-0.2, -0.15) is 0 Å². The lowest BCUT2D eigenvalue weighted by Gasteiger charge is -2.19. The molecule has 0 unspecified atom stereocenters. The van der Waals surface area contributed by atoms with Gasteiger partial charge in [0.2, 0.25) is 0 Å². The SMILES string of the molecule is CC[C@H](c1ccccc1)[C@H](N)C(=O)O. The monoisotopic (exact) mass is 193 g/mol. The zero-order valence-electron chi connectivity index (χ0n) is 8.18. The van der Waals surface area contributed by atoms with Crippen LogP contribution >= 0.6 is 0 Å². The highest BCUT2D eigenvalue weighted by Crippen LogP contribution is 2.21. The summed E-state index contributed by atoms with van der Waals surface area (Å²) in [6.07, 6.45) is 0.734. The van der Waals surface area contributed by atoms with E-state index in [9.17, 15) is 4.79 Å². The summed E-state index contributed by atoms with van der Waals surface area (Å²) in [5, 5.41) is 8.82. The van der Waals surface area contributed by atoms with Gasteiger partial charge in [-0.3, -0.25) is 4.79 Å². The third-order valence-electron chi connectivity index (χ3n) is 2.39. The fourth-order valence-electron chi connectivity index (χ4n) is 1.57. The Morgan fingerprint density at radius 3 is 2.43 bits per heavy atom. The van der Waals surface area contributed by atoms with Crippen molar-refractivity contribution in [3.63, 3.8) is 0 Å². The van der Waals surface area contributed by atoms with Crippen LogP contribution in [0.25, 0.3) is 0 Å². The molecule has 76 valence electrons. The number of carboxylic acid groups (broad SMARTS) is 1. The van der Waals surface area contributed by atoms with Gasteiger partial charge in [0.15, 0.2) is 0 Å². The number of hydrogen-bond acceptors (Lipinski definition) is 2. The van der Waals surface area contributed by atoms with E-state index in [0.717, 1.165) is 12.0 Å². The summed E-state index contributed by atoms with van der Waals surface area (Å²) < 4.78 is 0. The van der Waals surface area contributed by atoms with E-state index in [1.165, 1.54) is 0 Å². The summed E-state index contributed by atoms with van der Waals surface area (Å²) in [6.45, 7) is 1.94. The lowest BCUT2D eigenvalue weighted by Crippen LogP contribution is -2.36. The van der Waals surface area contributed by atoms with E-state index >= 15 is 0 Å². The Morgan fingerprint density at radius 1 is 1.43 bits per heavy atom. The van der Waals surface area contributed by atoms with Crippen LogP contribution in [0.4, 0.5) is 0 Å². The largest absolute Gasteiger partial charge is 0.480 e. The van der Waals surface area contributed by atoms with E-state index < -0.39 is 12.0 Å². The summed E-state index contributed by atoms with van der Waals surface area (Å²) in [4.78, 5) is 10.7. The Hall–Kier alpha value is -1.35. The maximum absolute atomic E-state index is 10.7. The van der Waals surface area contributed by atoms with E-state index in [4.69, 9.17) is 10.8 Å². The number of carbonyl (C=O) groups is 1. The van der Waals surface area contributed by atoms with E-state index in [0.29, 0.717) is 0 Å². The molecule has 1 aromatic carbocycles. The zero-order chi connectivity index (χ0) is 10.6. The van der Waals surface area contributed by atoms with Crippen molar-refractivity contribution < 1.29 is 9.90 Å². The van der Waals surface area contributed by atoms with Crippen LogP contribution in [0.5, 0.6) is 0 Å². The Balaban J connectivity index is 2.87. The van der Waals surface area contributed by atoms with Crippen LogP contribution in [0, 0.1) is 0 Å². The molecule has 2 atom stereocenters. The topological polar surface area (TPSA) is 63.3 Å². The van der Waals surface area contributed by atoms with Crippen LogP contribution in [0.2, 0.25) is 0 Å². The molecule has 3 heteroatoms. The zero-order valence-corrected chi connectivity index (χ0v) is 8.18. The molecule has 1 aromatic rings. The van der Waals surface area contributed by atoms with Crippen molar-refractivity contribution in [3.05, 3.63) is 35.9 Å². The molecule has 3 nitrogen and oxygen atoms in total. The van der Waals surface area contributed by atoms with Gasteiger partial charge >= 0.3 is 5.97 Å². The van der Waals surface area contributed by atoms with Crippen LogP contribution in [0.3, 0.4) is 0 Å². The van der Waals surface area contributed by atoms with Gasteiger partial charge in [0.25, 0.3) is 0 Å².